The number of carboxylic acid groups (broad SMARTS) is 1. The molecular formula is C18H24FNO4. The highest BCUT2D eigenvalue weighted by Crippen LogP contribution is 2.25. The van der Waals surface area contributed by atoms with Crippen molar-refractivity contribution >= 4 is 5.97 Å². The average molecular weight is 337 g/mol. The predicted molar refractivity (Wildman–Crippen MR) is 86.5 cm³/mol. The van der Waals surface area contributed by atoms with Gasteiger partial charge >= 0.3 is 5.97 Å². The van der Waals surface area contributed by atoms with Crippen LogP contribution in [-0.4, -0.2) is 55.0 Å². The molecule has 0 bridgehead atoms. The quantitative estimate of drug-likeness (QED) is 0.895. The standard InChI is InChI=1S/C18H24FNO4/c19-17-10-14(1-2-16(17)18(21)22)11-20-5-8-24-12-15(20)9-13-3-6-23-7-4-13/h1-2,10,13,15H,3-9,11-12H2,(H,21,22). The normalized spacial score (nSPS) is 23.3. The molecule has 132 valence electrons. The Hall–Kier alpha value is -1.50. The van der Waals surface area contributed by atoms with Crippen molar-refractivity contribution in [3.63, 3.8) is 0 Å². The SMILES string of the molecule is O=C(O)c1ccc(CN2CCOCC2CC2CCOCC2)cc1F. The van der Waals surface area contributed by atoms with Crippen LogP contribution in [0.1, 0.15) is 35.2 Å². The Labute approximate surface area is 141 Å². The van der Waals surface area contributed by atoms with Crippen LogP contribution in [0.25, 0.3) is 0 Å². The monoisotopic (exact) mass is 337 g/mol. The molecule has 3 rings (SSSR count). The molecule has 0 saturated carbocycles. The lowest BCUT2D eigenvalue weighted by molar-refractivity contribution is -0.0290. The van der Waals surface area contributed by atoms with Crippen molar-refractivity contribution in [2.45, 2.75) is 31.8 Å². The number of nitrogens with zero attached hydrogens (tertiary/aromatic N) is 1. The zero-order chi connectivity index (χ0) is 16.9. The van der Waals surface area contributed by atoms with Crippen molar-refractivity contribution in [2.24, 2.45) is 5.92 Å². The van der Waals surface area contributed by atoms with Crippen LogP contribution in [0.4, 0.5) is 4.39 Å². The van der Waals surface area contributed by atoms with Crippen LogP contribution < -0.4 is 0 Å². The smallest absolute Gasteiger partial charge is 0.338 e. The van der Waals surface area contributed by atoms with E-state index in [1.54, 1.807) is 6.07 Å². The molecule has 1 aromatic rings. The number of morpholine rings is 1. The third-order valence-corrected chi connectivity index (χ3v) is 4.95. The second-order valence-electron chi connectivity index (χ2n) is 6.61. The summed E-state index contributed by atoms with van der Waals surface area (Å²) in [6.07, 6.45) is 3.25. The molecule has 2 fully saturated rings. The van der Waals surface area contributed by atoms with Crippen LogP contribution in [0.3, 0.4) is 0 Å². The van der Waals surface area contributed by atoms with Crippen molar-refractivity contribution in [2.75, 3.05) is 33.0 Å². The largest absolute Gasteiger partial charge is 0.478 e. The maximum atomic E-state index is 13.9. The van der Waals surface area contributed by atoms with Gasteiger partial charge in [0.1, 0.15) is 5.82 Å². The Morgan fingerprint density at radius 1 is 1.25 bits per heavy atom. The molecule has 0 spiro atoms. The fourth-order valence-electron chi connectivity index (χ4n) is 3.55. The number of hydrogen-bond acceptors (Lipinski definition) is 4. The van der Waals surface area contributed by atoms with E-state index in [0.29, 0.717) is 31.7 Å². The van der Waals surface area contributed by atoms with Crippen molar-refractivity contribution in [3.05, 3.63) is 35.1 Å². The van der Waals surface area contributed by atoms with Crippen LogP contribution in [0, 0.1) is 11.7 Å². The molecule has 1 unspecified atom stereocenters. The number of aromatic carboxylic acids is 1. The van der Waals surface area contributed by atoms with Gasteiger partial charge in [-0.2, -0.15) is 0 Å². The van der Waals surface area contributed by atoms with Gasteiger partial charge in [0.2, 0.25) is 0 Å². The van der Waals surface area contributed by atoms with E-state index in [2.05, 4.69) is 4.90 Å². The molecule has 0 aromatic heterocycles. The van der Waals surface area contributed by atoms with Crippen LogP contribution in [0.15, 0.2) is 18.2 Å². The van der Waals surface area contributed by atoms with Gasteiger partial charge < -0.3 is 14.6 Å². The maximum absolute atomic E-state index is 13.9. The second-order valence-corrected chi connectivity index (χ2v) is 6.61. The van der Waals surface area contributed by atoms with E-state index < -0.39 is 11.8 Å². The number of carbonyl (C=O) groups is 1. The predicted octanol–water partition coefficient (Wildman–Crippen LogP) is 2.54. The summed E-state index contributed by atoms with van der Waals surface area (Å²) in [6, 6.07) is 4.71. The third-order valence-electron chi connectivity index (χ3n) is 4.95. The Kier molecular flexibility index (Phi) is 5.81. The van der Waals surface area contributed by atoms with E-state index in [1.807, 2.05) is 0 Å². The fraction of sp³-hybridized carbons (Fsp3) is 0.611. The highest BCUT2D eigenvalue weighted by Gasteiger charge is 2.27. The summed E-state index contributed by atoms with van der Waals surface area (Å²) in [7, 11) is 0. The van der Waals surface area contributed by atoms with Crippen LogP contribution in [0.5, 0.6) is 0 Å². The average Bonchev–Trinajstić information content (AvgIpc) is 2.57. The van der Waals surface area contributed by atoms with Gasteiger partial charge in [0.25, 0.3) is 0 Å². The minimum Gasteiger partial charge on any atom is -0.478 e. The molecule has 1 aromatic carbocycles. The lowest BCUT2D eigenvalue weighted by Crippen LogP contribution is -2.46. The first-order chi connectivity index (χ1) is 11.6. The Morgan fingerprint density at radius 3 is 2.75 bits per heavy atom. The molecule has 1 N–H and O–H groups in total. The first-order valence-electron chi connectivity index (χ1n) is 8.54. The van der Waals surface area contributed by atoms with Gasteiger partial charge in [0, 0.05) is 32.3 Å². The minimum atomic E-state index is -1.23. The number of rotatable bonds is 5. The van der Waals surface area contributed by atoms with Crippen LogP contribution in [0.2, 0.25) is 0 Å². The summed E-state index contributed by atoms with van der Waals surface area (Å²) in [6.45, 7) is 4.48. The molecule has 2 heterocycles. The molecule has 2 aliphatic heterocycles. The Morgan fingerprint density at radius 2 is 2.04 bits per heavy atom. The van der Waals surface area contributed by atoms with Crippen molar-refractivity contribution in [1.82, 2.24) is 4.90 Å². The highest BCUT2D eigenvalue weighted by molar-refractivity contribution is 5.87. The number of benzene rings is 1. The molecule has 24 heavy (non-hydrogen) atoms. The number of carboxylic acids is 1. The van der Waals surface area contributed by atoms with Crippen molar-refractivity contribution in [1.29, 1.82) is 0 Å². The Balaban J connectivity index is 1.64. The summed E-state index contributed by atoms with van der Waals surface area (Å²) in [5.41, 5.74) is 0.524. The second kappa shape index (κ2) is 8.05. The summed E-state index contributed by atoms with van der Waals surface area (Å²) in [4.78, 5) is 13.2. The first kappa shape index (κ1) is 17.3. The van der Waals surface area contributed by atoms with Gasteiger partial charge in [0.15, 0.2) is 0 Å². The molecule has 1 atom stereocenters. The molecule has 0 radical (unpaired) electrons. The minimum absolute atomic E-state index is 0.278. The fourth-order valence-corrected chi connectivity index (χ4v) is 3.55. The molecule has 5 nitrogen and oxygen atoms in total. The summed E-state index contributed by atoms with van der Waals surface area (Å²) in [5, 5.41) is 8.93. The van der Waals surface area contributed by atoms with E-state index in [-0.39, 0.29) is 5.56 Å². The molecule has 6 heteroatoms. The number of ether oxygens (including phenoxy) is 2. The number of hydrogen-bond donors (Lipinski definition) is 1. The first-order valence-corrected chi connectivity index (χ1v) is 8.54. The zero-order valence-corrected chi connectivity index (χ0v) is 13.7. The summed E-state index contributed by atoms with van der Waals surface area (Å²) < 4.78 is 24.9. The van der Waals surface area contributed by atoms with Crippen LogP contribution in [-0.2, 0) is 16.0 Å². The maximum Gasteiger partial charge on any atom is 0.338 e. The lowest BCUT2D eigenvalue weighted by Gasteiger charge is -2.38. The van der Waals surface area contributed by atoms with Crippen molar-refractivity contribution in [3.8, 4) is 0 Å². The van der Waals surface area contributed by atoms with Gasteiger partial charge in [0.05, 0.1) is 18.8 Å². The molecule has 2 aliphatic rings. The molecule has 0 amide bonds. The molecule has 2 saturated heterocycles. The van der Waals surface area contributed by atoms with Crippen molar-refractivity contribution < 1.29 is 23.8 Å². The van der Waals surface area contributed by atoms with Gasteiger partial charge in [-0.3, -0.25) is 4.90 Å². The zero-order valence-electron chi connectivity index (χ0n) is 13.7. The number of halogens is 1. The van der Waals surface area contributed by atoms with E-state index in [9.17, 15) is 9.18 Å². The summed E-state index contributed by atoms with van der Waals surface area (Å²) >= 11 is 0. The van der Waals surface area contributed by atoms with E-state index in [1.165, 1.54) is 12.1 Å². The van der Waals surface area contributed by atoms with E-state index in [4.69, 9.17) is 14.6 Å². The van der Waals surface area contributed by atoms with Crippen LogP contribution >= 0.6 is 0 Å². The lowest BCUT2D eigenvalue weighted by atomic mass is 9.91. The van der Waals surface area contributed by atoms with Gasteiger partial charge in [-0.25, -0.2) is 9.18 Å². The van der Waals surface area contributed by atoms with Gasteiger partial charge in [-0.1, -0.05) is 6.07 Å². The summed E-state index contributed by atoms with van der Waals surface area (Å²) in [5.74, 6) is -1.25. The third kappa shape index (κ3) is 4.32. The van der Waals surface area contributed by atoms with Gasteiger partial charge in [-0.05, 0) is 42.9 Å². The Bertz CT molecular complexity index is 574. The molecule has 0 aliphatic carbocycles. The molecular weight excluding hydrogens is 313 g/mol. The van der Waals surface area contributed by atoms with E-state index in [0.717, 1.165) is 44.6 Å². The topological polar surface area (TPSA) is 59.0 Å². The highest BCUT2D eigenvalue weighted by atomic mass is 19.1. The van der Waals surface area contributed by atoms with E-state index >= 15 is 0 Å². The van der Waals surface area contributed by atoms with Gasteiger partial charge in [-0.15, -0.1) is 0 Å².